The SMILES string of the molecule is CC(=O)C1C2C3CC(C4CC=CC43)C12. The Morgan fingerprint density at radius 3 is 2.79 bits per heavy atom. The summed E-state index contributed by atoms with van der Waals surface area (Å²) >= 11 is 0. The van der Waals surface area contributed by atoms with E-state index in [0.29, 0.717) is 11.7 Å². The molecule has 4 rings (SSSR count). The van der Waals surface area contributed by atoms with Crippen LogP contribution in [0.4, 0.5) is 0 Å². The Balaban J connectivity index is 1.69. The van der Waals surface area contributed by atoms with Crippen LogP contribution in [-0.2, 0) is 4.79 Å². The van der Waals surface area contributed by atoms with Crippen LogP contribution in [0.1, 0.15) is 19.8 Å². The van der Waals surface area contributed by atoms with Crippen molar-refractivity contribution >= 4 is 5.78 Å². The van der Waals surface area contributed by atoms with Gasteiger partial charge in [0.25, 0.3) is 0 Å². The number of carbonyl (C=O) groups is 1. The number of fused-ring (bicyclic) bond motifs is 8. The van der Waals surface area contributed by atoms with Crippen molar-refractivity contribution in [2.45, 2.75) is 19.8 Å². The Kier molecular flexibility index (Phi) is 1.18. The van der Waals surface area contributed by atoms with Gasteiger partial charge in [-0.3, -0.25) is 4.79 Å². The number of ketones is 1. The number of hydrogen-bond donors (Lipinski definition) is 0. The first kappa shape index (κ1) is 7.67. The Hall–Kier alpha value is -0.590. The average molecular weight is 188 g/mol. The molecule has 0 N–H and O–H groups in total. The second-order valence-electron chi connectivity index (χ2n) is 5.76. The smallest absolute Gasteiger partial charge is 0.133 e. The van der Waals surface area contributed by atoms with Crippen molar-refractivity contribution in [2.75, 3.05) is 0 Å². The summed E-state index contributed by atoms with van der Waals surface area (Å²) in [6.45, 7) is 1.80. The molecule has 0 spiro atoms. The van der Waals surface area contributed by atoms with E-state index >= 15 is 0 Å². The predicted molar refractivity (Wildman–Crippen MR) is 53.5 cm³/mol. The zero-order valence-corrected chi connectivity index (χ0v) is 8.52. The molecular weight excluding hydrogens is 172 g/mol. The lowest BCUT2D eigenvalue weighted by atomic mass is 9.82. The zero-order chi connectivity index (χ0) is 9.45. The molecule has 1 heteroatoms. The van der Waals surface area contributed by atoms with Crippen LogP contribution < -0.4 is 0 Å². The van der Waals surface area contributed by atoms with E-state index in [9.17, 15) is 4.79 Å². The maximum Gasteiger partial charge on any atom is 0.133 e. The normalized spacial score (nSPS) is 61.4. The zero-order valence-electron chi connectivity index (χ0n) is 8.52. The molecule has 0 heterocycles. The molecule has 74 valence electrons. The van der Waals surface area contributed by atoms with Crippen molar-refractivity contribution in [3.63, 3.8) is 0 Å². The molecule has 7 atom stereocenters. The first-order chi connectivity index (χ1) is 6.79. The molecule has 3 fully saturated rings. The molecule has 0 aromatic heterocycles. The Bertz CT molecular complexity index is 343. The molecule has 7 unspecified atom stereocenters. The third kappa shape index (κ3) is 0.656. The molecule has 1 nitrogen and oxygen atoms in total. The second kappa shape index (κ2) is 2.15. The quantitative estimate of drug-likeness (QED) is 0.577. The molecule has 0 saturated heterocycles. The predicted octanol–water partition coefficient (Wildman–Crippen LogP) is 2.28. The van der Waals surface area contributed by atoms with Gasteiger partial charge in [-0.1, -0.05) is 12.2 Å². The van der Waals surface area contributed by atoms with Crippen LogP contribution in [0.3, 0.4) is 0 Å². The fraction of sp³-hybridized carbons (Fsp3) is 0.769. The van der Waals surface area contributed by atoms with Gasteiger partial charge in [-0.25, -0.2) is 0 Å². The number of Topliss-reactive ketones (excluding diaryl/α,β-unsaturated/α-hetero) is 1. The van der Waals surface area contributed by atoms with E-state index in [1.807, 2.05) is 0 Å². The van der Waals surface area contributed by atoms with Crippen LogP contribution in [-0.4, -0.2) is 5.78 Å². The summed E-state index contributed by atoms with van der Waals surface area (Å²) < 4.78 is 0. The van der Waals surface area contributed by atoms with E-state index in [1.165, 1.54) is 12.8 Å². The lowest BCUT2D eigenvalue weighted by Crippen LogP contribution is -2.18. The van der Waals surface area contributed by atoms with E-state index in [-0.39, 0.29) is 0 Å². The summed E-state index contributed by atoms with van der Waals surface area (Å²) in [5.41, 5.74) is 0. The highest BCUT2D eigenvalue weighted by Crippen LogP contribution is 2.74. The number of hydrogen-bond acceptors (Lipinski definition) is 1. The molecule has 3 saturated carbocycles. The fourth-order valence-electron chi connectivity index (χ4n) is 5.12. The van der Waals surface area contributed by atoms with Crippen molar-refractivity contribution in [2.24, 2.45) is 41.4 Å². The molecule has 4 aliphatic carbocycles. The molecule has 0 aromatic rings. The summed E-state index contributed by atoms with van der Waals surface area (Å²) in [7, 11) is 0. The van der Waals surface area contributed by atoms with Crippen LogP contribution in [0.15, 0.2) is 12.2 Å². The third-order valence-electron chi connectivity index (χ3n) is 5.44. The van der Waals surface area contributed by atoms with Gasteiger partial charge in [0.15, 0.2) is 0 Å². The van der Waals surface area contributed by atoms with Gasteiger partial charge >= 0.3 is 0 Å². The van der Waals surface area contributed by atoms with E-state index in [2.05, 4.69) is 12.2 Å². The van der Waals surface area contributed by atoms with E-state index in [1.54, 1.807) is 6.92 Å². The van der Waals surface area contributed by atoms with Crippen molar-refractivity contribution in [1.29, 1.82) is 0 Å². The molecule has 0 aromatic carbocycles. The molecule has 4 aliphatic rings. The molecule has 0 radical (unpaired) electrons. The van der Waals surface area contributed by atoms with Crippen LogP contribution in [0.5, 0.6) is 0 Å². The highest BCUT2D eigenvalue weighted by Gasteiger charge is 2.71. The minimum absolute atomic E-state index is 0.471. The van der Waals surface area contributed by atoms with Crippen molar-refractivity contribution in [3.05, 3.63) is 12.2 Å². The minimum Gasteiger partial charge on any atom is -0.300 e. The molecular formula is C13H16O. The first-order valence-electron chi connectivity index (χ1n) is 5.96. The molecule has 0 amide bonds. The topological polar surface area (TPSA) is 17.1 Å². The van der Waals surface area contributed by atoms with Gasteiger partial charge in [0, 0.05) is 5.92 Å². The van der Waals surface area contributed by atoms with Crippen molar-refractivity contribution < 1.29 is 4.79 Å². The molecule has 2 bridgehead atoms. The summed E-state index contributed by atoms with van der Waals surface area (Å²) in [5, 5.41) is 0. The van der Waals surface area contributed by atoms with Gasteiger partial charge in [-0.15, -0.1) is 0 Å². The van der Waals surface area contributed by atoms with Crippen LogP contribution in [0, 0.1) is 41.4 Å². The summed E-state index contributed by atoms with van der Waals surface area (Å²) in [4.78, 5) is 11.4. The second-order valence-corrected chi connectivity index (χ2v) is 5.76. The maximum atomic E-state index is 11.4. The van der Waals surface area contributed by atoms with Gasteiger partial charge in [0.1, 0.15) is 5.78 Å². The van der Waals surface area contributed by atoms with Gasteiger partial charge in [-0.2, -0.15) is 0 Å². The summed E-state index contributed by atoms with van der Waals surface area (Å²) in [6, 6.07) is 0. The average Bonchev–Trinajstić information content (AvgIpc) is 2.52. The molecule has 0 aliphatic heterocycles. The third-order valence-corrected chi connectivity index (χ3v) is 5.44. The monoisotopic (exact) mass is 188 g/mol. The standard InChI is InChI=1S/C13H16O/c1-6(14)11-12-9-5-10(13(11)12)8-4-2-3-7(8)9/h2-3,7-13H,4-5H2,1H3. The summed E-state index contributed by atoms with van der Waals surface area (Å²) in [6.07, 6.45) is 7.57. The highest BCUT2D eigenvalue weighted by atomic mass is 16.1. The van der Waals surface area contributed by atoms with E-state index < -0.39 is 0 Å². The van der Waals surface area contributed by atoms with Gasteiger partial charge in [0.2, 0.25) is 0 Å². The summed E-state index contributed by atoms with van der Waals surface area (Å²) in [5.74, 6) is 6.19. The Morgan fingerprint density at radius 2 is 2.00 bits per heavy atom. The van der Waals surface area contributed by atoms with E-state index in [0.717, 1.165) is 35.5 Å². The van der Waals surface area contributed by atoms with Crippen molar-refractivity contribution in [3.8, 4) is 0 Å². The number of carbonyl (C=O) groups excluding carboxylic acids is 1. The first-order valence-corrected chi connectivity index (χ1v) is 5.96. The van der Waals surface area contributed by atoms with Gasteiger partial charge in [-0.05, 0) is 55.3 Å². The van der Waals surface area contributed by atoms with Crippen molar-refractivity contribution in [1.82, 2.24) is 0 Å². The lowest BCUT2D eigenvalue weighted by molar-refractivity contribution is -0.119. The number of allylic oxidation sites excluding steroid dienone is 2. The van der Waals surface area contributed by atoms with Crippen LogP contribution >= 0.6 is 0 Å². The van der Waals surface area contributed by atoms with Crippen LogP contribution in [0.25, 0.3) is 0 Å². The number of rotatable bonds is 1. The Morgan fingerprint density at radius 1 is 1.21 bits per heavy atom. The van der Waals surface area contributed by atoms with E-state index in [4.69, 9.17) is 0 Å². The Labute approximate surface area is 84.6 Å². The van der Waals surface area contributed by atoms with Crippen LogP contribution in [0.2, 0.25) is 0 Å². The lowest BCUT2D eigenvalue weighted by Gasteiger charge is -2.22. The van der Waals surface area contributed by atoms with Gasteiger partial charge in [0.05, 0.1) is 0 Å². The largest absolute Gasteiger partial charge is 0.300 e. The fourth-order valence-corrected chi connectivity index (χ4v) is 5.12. The maximum absolute atomic E-state index is 11.4. The van der Waals surface area contributed by atoms with Gasteiger partial charge < -0.3 is 0 Å². The minimum atomic E-state index is 0.471. The molecule has 14 heavy (non-hydrogen) atoms. The highest BCUT2D eigenvalue weighted by molar-refractivity contribution is 5.82.